The van der Waals surface area contributed by atoms with E-state index in [4.69, 9.17) is 0 Å². The second-order valence-corrected chi connectivity index (χ2v) is 12.1. The molecule has 2 nitrogen and oxygen atoms in total. The van der Waals surface area contributed by atoms with Crippen LogP contribution in [0.5, 0.6) is 0 Å². The molecule has 3 heteroatoms. The summed E-state index contributed by atoms with van der Waals surface area (Å²) in [6.07, 6.45) is 0. The van der Waals surface area contributed by atoms with Gasteiger partial charge in [0, 0.05) is 22.3 Å². The van der Waals surface area contributed by atoms with Crippen molar-refractivity contribution >= 4 is 32.9 Å². The lowest BCUT2D eigenvalue weighted by Gasteiger charge is -2.22. The van der Waals surface area contributed by atoms with Crippen molar-refractivity contribution in [2.45, 2.75) is 59.3 Å². The van der Waals surface area contributed by atoms with Crippen molar-refractivity contribution in [2.24, 2.45) is 0 Å². The Morgan fingerprint density at radius 1 is 0.697 bits per heavy atom. The normalized spacial score (nSPS) is 12.7. The molecule has 0 saturated heterocycles. The van der Waals surface area contributed by atoms with Crippen molar-refractivity contribution in [1.29, 1.82) is 0 Å². The molecular formula is C30H32N2S. The molecule has 0 fully saturated rings. The molecule has 5 rings (SSSR count). The number of rotatable bonds is 2. The summed E-state index contributed by atoms with van der Waals surface area (Å²) in [6, 6.07) is 20.6. The molecule has 168 valence electrons. The first-order chi connectivity index (χ1) is 15.5. The van der Waals surface area contributed by atoms with Gasteiger partial charge in [-0.1, -0.05) is 71.9 Å². The van der Waals surface area contributed by atoms with E-state index in [-0.39, 0.29) is 10.8 Å². The molecular weight excluding hydrogens is 420 g/mol. The maximum absolute atomic E-state index is 4.68. The summed E-state index contributed by atoms with van der Waals surface area (Å²) in [7, 11) is 0. The highest BCUT2D eigenvalue weighted by molar-refractivity contribution is 7.13. The van der Waals surface area contributed by atoms with Crippen LogP contribution in [0.3, 0.4) is 0 Å². The average molecular weight is 453 g/mol. The van der Waals surface area contributed by atoms with Crippen molar-refractivity contribution in [1.82, 2.24) is 9.97 Å². The van der Waals surface area contributed by atoms with E-state index in [9.17, 15) is 0 Å². The zero-order chi connectivity index (χ0) is 23.5. The average Bonchev–Trinajstić information content (AvgIpc) is 3.39. The SMILES string of the molecule is Cc1csc(-c2ccc(-c3c4ccc(C(C)(C)C)cc4cc4ccc(C(C)(C)C)cc34)[nH]2)n1. The Labute approximate surface area is 200 Å². The van der Waals surface area contributed by atoms with Gasteiger partial charge in [0.2, 0.25) is 0 Å². The van der Waals surface area contributed by atoms with Crippen LogP contribution < -0.4 is 0 Å². The predicted octanol–water partition coefficient (Wildman–Crippen LogP) is 9.02. The minimum absolute atomic E-state index is 0.0931. The summed E-state index contributed by atoms with van der Waals surface area (Å²) < 4.78 is 0. The standard InChI is InChI=1S/C30H32N2S/c1-18-17-33-28(31-18)26-13-12-25(32-26)27-23-11-10-21(29(2,3)4)15-20(23)14-19-8-9-22(16-24(19)27)30(5,6)7/h8-17,32H,1-7H3. The zero-order valence-electron chi connectivity index (χ0n) is 20.6. The highest BCUT2D eigenvalue weighted by Gasteiger charge is 2.20. The minimum atomic E-state index is 0.0931. The van der Waals surface area contributed by atoms with E-state index in [1.807, 2.05) is 6.92 Å². The number of fused-ring (bicyclic) bond motifs is 2. The fraction of sp³-hybridized carbons (Fsp3) is 0.300. The highest BCUT2D eigenvalue weighted by atomic mass is 32.1. The second kappa shape index (κ2) is 7.56. The Hall–Kier alpha value is -2.91. The molecule has 1 N–H and O–H groups in total. The van der Waals surface area contributed by atoms with Crippen molar-refractivity contribution in [3.63, 3.8) is 0 Å². The number of thiazole rings is 1. The van der Waals surface area contributed by atoms with Gasteiger partial charge in [-0.3, -0.25) is 0 Å². The Balaban J connectivity index is 1.81. The molecule has 0 amide bonds. The smallest absolute Gasteiger partial charge is 0.139 e. The largest absolute Gasteiger partial charge is 0.353 e. The molecule has 0 bridgehead atoms. The van der Waals surface area contributed by atoms with Crippen LogP contribution in [0.25, 0.3) is 43.5 Å². The van der Waals surface area contributed by atoms with Crippen molar-refractivity contribution in [3.05, 3.63) is 76.8 Å². The van der Waals surface area contributed by atoms with E-state index >= 15 is 0 Å². The fourth-order valence-electron chi connectivity index (χ4n) is 4.49. The Bertz CT molecular complexity index is 1490. The number of nitrogens with one attached hydrogen (secondary N) is 1. The van der Waals surface area contributed by atoms with Crippen LogP contribution in [0.4, 0.5) is 0 Å². The number of nitrogens with zero attached hydrogens (tertiary/aromatic N) is 1. The van der Waals surface area contributed by atoms with E-state index in [0.29, 0.717) is 0 Å². The summed E-state index contributed by atoms with van der Waals surface area (Å²) >= 11 is 1.69. The van der Waals surface area contributed by atoms with Crippen LogP contribution in [0.15, 0.2) is 60.0 Å². The molecule has 0 atom stereocenters. The predicted molar refractivity (Wildman–Crippen MR) is 144 cm³/mol. The summed E-state index contributed by atoms with van der Waals surface area (Å²) in [6.45, 7) is 15.7. The molecule has 2 heterocycles. The van der Waals surface area contributed by atoms with E-state index < -0.39 is 0 Å². The summed E-state index contributed by atoms with van der Waals surface area (Å²) in [5.74, 6) is 0. The third kappa shape index (κ3) is 4.00. The number of hydrogen-bond acceptors (Lipinski definition) is 2. The zero-order valence-corrected chi connectivity index (χ0v) is 21.4. The van der Waals surface area contributed by atoms with Crippen molar-refractivity contribution in [2.75, 3.05) is 0 Å². The van der Waals surface area contributed by atoms with E-state index in [1.165, 1.54) is 38.2 Å². The fourth-order valence-corrected chi connectivity index (χ4v) is 5.27. The third-order valence-electron chi connectivity index (χ3n) is 6.49. The lowest BCUT2D eigenvalue weighted by molar-refractivity contribution is 0.590. The maximum atomic E-state index is 4.68. The van der Waals surface area contributed by atoms with Gasteiger partial charge in [-0.2, -0.15) is 0 Å². The van der Waals surface area contributed by atoms with E-state index in [2.05, 4.69) is 111 Å². The van der Waals surface area contributed by atoms with Gasteiger partial charge in [0.05, 0.1) is 5.69 Å². The number of aromatic amines is 1. The molecule has 2 aromatic heterocycles. The van der Waals surface area contributed by atoms with Gasteiger partial charge >= 0.3 is 0 Å². The third-order valence-corrected chi connectivity index (χ3v) is 7.48. The Morgan fingerprint density at radius 3 is 2.03 bits per heavy atom. The lowest BCUT2D eigenvalue weighted by Crippen LogP contribution is -2.11. The van der Waals surface area contributed by atoms with Gasteiger partial charge in [0.15, 0.2) is 0 Å². The molecule has 33 heavy (non-hydrogen) atoms. The summed E-state index contributed by atoms with van der Waals surface area (Å²) in [4.78, 5) is 8.38. The quantitative estimate of drug-likeness (QED) is 0.266. The van der Waals surface area contributed by atoms with Crippen molar-refractivity contribution < 1.29 is 0 Å². The minimum Gasteiger partial charge on any atom is -0.353 e. The first-order valence-electron chi connectivity index (χ1n) is 11.6. The molecule has 0 unspecified atom stereocenters. The number of H-pyrrole nitrogens is 1. The van der Waals surface area contributed by atoms with Gasteiger partial charge in [-0.05, 0) is 74.7 Å². The first-order valence-corrected chi connectivity index (χ1v) is 12.5. The van der Waals surface area contributed by atoms with E-state index in [1.54, 1.807) is 11.3 Å². The molecule has 0 spiro atoms. The van der Waals surface area contributed by atoms with Crippen LogP contribution >= 0.6 is 11.3 Å². The number of benzene rings is 3. The van der Waals surface area contributed by atoms with Crippen molar-refractivity contribution in [3.8, 4) is 22.0 Å². The number of aryl methyl sites for hydroxylation is 1. The van der Waals surface area contributed by atoms with Gasteiger partial charge in [0.1, 0.15) is 5.01 Å². The highest BCUT2D eigenvalue weighted by Crippen LogP contribution is 2.40. The first kappa shape index (κ1) is 21.9. The maximum Gasteiger partial charge on any atom is 0.139 e. The van der Waals surface area contributed by atoms with Crippen LogP contribution in [-0.4, -0.2) is 9.97 Å². The monoisotopic (exact) mass is 452 g/mol. The van der Waals surface area contributed by atoms with Gasteiger partial charge in [0.25, 0.3) is 0 Å². The van der Waals surface area contributed by atoms with Gasteiger partial charge in [-0.15, -0.1) is 11.3 Å². The summed E-state index contributed by atoms with van der Waals surface area (Å²) in [5, 5.41) is 8.28. The number of aromatic nitrogens is 2. The molecule has 0 radical (unpaired) electrons. The molecule has 0 aliphatic rings. The van der Waals surface area contributed by atoms with E-state index in [0.717, 1.165) is 22.1 Å². The summed E-state index contributed by atoms with van der Waals surface area (Å²) in [5.41, 5.74) is 7.47. The number of hydrogen-bond donors (Lipinski definition) is 1. The van der Waals surface area contributed by atoms with Crippen LogP contribution in [0.1, 0.15) is 58.4 Å². The van der Waals surface area contributed by atoms with Gasteiger partial charge < -0.3 is 4.98 Å². The topological polar surface area (TPSA) is 28.7 Å². The molecule has 0 aliphatic carbocycles. The molecule has 0 saturated carbocycles. The molecule has 3 aromatic carbocycles. The molecule has 5 aromatic rings. The van der Waals surface area contributed by atoms with Crippen LogP contribution in [-0.2, 0) is 10.8 Å². The van der Waals surface area contributed by atoms with Gasteiger partial charge in [-0.25, -0.2) is 4.98 Å². The molecule has 0 aliphatic heterocycles. The van der Waals surface area contributed by atoms with Crippen LogP contribution in [0, 0.1) is 6.92 Å². The second-order valence-electron chi connectivity index (χ2n) is 11.2. The Kier molecular flexibility index (Phi) is 5.02. The van der Waals surface area contributed by atoms with Crippen LogP contribution in [0.2, 0.25) is 0 Å². The lowest BCUT2D eigenvalue weighted by atomic mass is 9.82. The Morgan fingerprint density at radius 2 is 1.36 bits per heavy atom.